The fourth-order valence-electron chi connectivity index (χ4n) is 3.19. The summed E-state index contributed by atoms with van der Waals surface area (Å²) in [6, 6.07) is 0. The topological polar surface area (TPSA) is 15.3 Å². The predicted molar refractivity (Wildman–Crippen MR) is 60.5 cm³/mol. The fourth-order valence-corrected chi connectivity index (χ4v) is 3.19. The van der Waals surface area contributed by atoms with Crippen molar-refractivity contribution < 1.29 is 0 Å². The van der Waals surface area contributed by atoms with Crippen molar-refractivity contribution in [3.8, 4) is 0 Å². The Hall–Kier alpha value is -0.0800. The molecular weight excluding hydrogens is 172 g/mol. The highest BCUT2D eigenvalue weighted by molar-refractivity contribution is 5.04. The van der Waals surface area contributed by atoms with E-state index in [9.17, 15) is 0 Å². The van der Waals surface area contributed by atoms with Crippen LogP contribution in [0.15, 0.2) is 0 Å². The molecule has 0 aromatic rings. The van der Waals surface area contributed by atoms with Crippen molar-refractivity contribution in [2.24, 2.45) is 0 Å². The molecule has 1 N–H and O–H groups in total. The molecule has 0 aromatic heterocycles. The lowest BCUT2D eigenvalue weighted by molar-refractivity contribution is 0.0236. The van der Waals surface area contributed by atoms with Gasteiger partial charge in [-0.05, 0) is 33.2 Å². The van der Waals surface area contributed by atoms with E-state index in [1.54, 1.807) is 0 Å². The van der Waals surface area contributed by atoms with Crippen molar-refractivity contribution in [3.63, 3.8) is 0 Å². The highest BCUT2D eigenvalue weighted by Gasteiger charge is 2.44. The van der Waals surface area contributed by atoms with Gasteiger partial charge in [0.2, 0.25) is 0 Å². The molecule has 0 atom stereocenters. The van der Waals surface area contributed by atoms with E-state index in [0.29, 0.717) is 11.1 Å². The third-order valence-electron chi connectivity index (χ3n) is 4.07. The van der Waals surface area contributed by atoms with E-state index < -0.39 is 0 Å². The van der Waals surface area contributed by atoms with E-state index in [1.807, 2.05) is 0 Å². The Balaban J connectivity index is 2.12. The van der Waals surface area contributed by atoms with Gasteiger partial charge in [0.1, 0.15) is 0 Å². The van der Waals surface area contributed by atoms with Gasteiger partial charge in [-0.3, -0.25) is 4.90 Å². The van der Waals surface area contributed by atoms with Gasteiger partial charge in [-0.15, -0.1) is 0 Å². The second-order valence-corrected chi connectivity index (χ2v) is 5.68. The van der Waals surface area contributed by atoms with Crippen molar-refractivity contribution in [1.82, 2.24) is 10.2 Å². The van der Waals surface area contributed by atoms with Crippen LogP contribution in [0.25, 0.3) is 0 Å². The number of hydrogen-bond acceptors (Lipinski definition) is 2. The van der Waals surface area contributed by atoms with Crippen molar-refractivity contribution in [2.45, 2.75) is 57.5 Å². The molecule has 1 spiro atoms. The first kappa shape index (κ1) is 10.4. The Labute approximate surface area is 88.1 Å². The minimum Gasteiger partial charge on any atom is -0.309 e. The number of piperazine rings is 1. The Bertz CT molecular complexity index is 204. The summed E-state index contributed by atoms with van der Waals surface area (Å²) in [7, 11) is 0. The number of rotatable bonds is 1. The molecule has 1 saturated heterocycles. The smallest absolute Gasteiger partial charge is 0.0334 e. The molecule has 1 aliphatic heterocycles. The molecule has 14 heavy (non-hydrogen) atoms. The van der Waals surface area contributed by atoms with Crippen molar-refractivity contribution in [3.05, 3.63) is 0 Å². The van der Waals surface area contributed by atoms with Gasteiger partial charge in [-0.1, -0.05) is 19.8 Å². The van der Waals surface area contributed by atoms with Gasteiger partial charge in [0.25, 0.3) is 0 Å². The zero-order chi connectivity index (χ0) is 10.2. The molecule has 1 heterocycles. The van der Waals surface area contributed by atoms with Crippen LogP contribution in [0.1, 0.15) is 46.5 Å². The van der Waals surface area contributed by atoms with Gasteiger partial charge < -0.3 is 5.32 Å². The molecule has 2 aliphatic rings. The third-order valence-corrected chi connectivity index (χ3v) is 4.07. The van der Waals surface area contributed by atoms with E-state index in [0.717, 1.165) is 0 Å². The highest BCUT2D eigenvalue weighted by Crippen LogP contribution is 2.37. The van der Waals surface area contributed by atoms with E-state index in [4.69, 9.17) is 0 Å². The van der Waals surface area contributed by atoms with Crippen molar-refractivity contribution in [2.75, 3.05) is 19.6 Å². The summed E-state index contributed by atoms with van der Waals surface area (Å²) in [6.45, 7) is 10.6. The molecule has 0 unspecified atom stereocenters. The maximum Gasteiger partial charge on any atom is 0.0334 e. The third kappa shape index (κ3) is 1.70. The molecular formula is C12H24N2. The van der Waals surface area contributed by atoms with E-state index in [-0.39, 0.29) is 0 Å². The largest absolute Gasteiger partial charge is 0.309 e. The second-order valence-electron chi connectivity index (χ2n) is 5.68. The van der Waals surface area contributed by atoms with Crippen LogP contribution >= 0.6 is 0 Å². The predicted octanol–water partition coefficient (Wildman–Crippen LogP) is 2.00. The molecule has 0 aromatic carbocycles. The van der Waals surface area contributed by atoms with Crippen LogP contribution in [0, 0.1) is 0 Å². The van der Waals surface area contributed by atoms with Gasteiger partial charge in [0, 0.05) is 24.2 Å². The van der Waals surface area contributed by atoms with Gasteiger partial charge in [0.15, 0.2) is 0 Å². The Morgan fingerprint density at radius 1 is 1.21 bits per heavy atom. The number of likely N-dealkylation sites (N-methyl/N-ethyl adjacent to an activating group) is 1. The first-order valence-electron chi connectivity index (χ1n) is 6.08. The molecule has 1 aliphatic carbocycles. The van der Waals surface area contributed by atoms with E-state index in [2.05, 4.69) is 31.0 Å². The SMILES string of the molecule is CCN1CC(C)(C)NCC12CCCC2. The molecule has 0 amide bonds. The maximum absolute atomic E-state index is 3.71. The summed E-state index contributed by atoms with van der Waals surface area (Å²) in [5, 5.41) is 3.71. The van der Waals surface area contributed by atoms with Gasteiger partial charge >= 0.3 is 0 Å². The van der Waals surface area contributed by atoms with Crippen LogP contribution in [0.2, 0.25) is 0 Å². The Morgan fingerprint density at radius 2 is 1.86 bits per heavy atom. The van der Waals surface area contributed by atoms with Gasteiger partial charge in [-0.2, -0.15) is 0 Å². The van der Waals surface area contributed by atoms with Crippen LogP contribution in [0.3, 0.4) is 0 Å². The summed E-state index contributed by atoms with van der Waals surface area (Å²) in [6.07, 6.45) is 5.67. The normalized spacial score (nSPS) is 31.1. The Kier molecular flexibility index (Phi) is 2.61. The summed E-state index contributed by atoms with van der Waals surface area (Å²) in [4.78, 5) is 2.72. The molecule has 0 bridgehead atoms. The first-order chi connectivity index (χ1) is 6.58. The van der Waals surface area contributed by atoms with E-state index in [1.165, 1.54) is 45.3 Å². The van der Waals surface area contributed by atoms with Crippen LogP contribution in [0.5, 0.6) is 0 Å². The molecule has 1 saturated carbocycles. The van der Waals surface area contributed by atoms with Crippen LogP contribution < -0.4 is 5.32 Å². The zero-order valence-corrected chi connectivity index (χ0v) is 9.90. The molecule has 2 fully saturated rings. The first-order valence-corrected chi connectivity index (χ1v) is 6.08. The van der Waals surface area contributed by atoms with Crippen molar-refractivity contribution in [1.29, 1.82) is 0 Å². The summed E-state index contributed by atoms with van der Waals surface area (Å²) in [5.74, 6) is 0. The average molecular weight is 196 g/mol. The van der Waals surface area contributed by atoms with Crippen LogP contribution in [-0.4, -0.2) is 35.6 Å². The molecule has 2 rings (SSSR count). The monoisotopic (exact) mass is 196 g/mol. The number of hydrogen-bond donors (Lipinski definition) is 1. The number of nitrogens with zero attached hydrogens (tertiary/aromatic N) is 1. The highest BCUT2D eigenvalue weighted by atomic mass is 15.3. The van der Waals surface area contributed by atoms with Crippen molar-refractivity contribution >= 4 is 0 Å². The quantitative estimate of drug-likeness (QED) is 0.690. The molecule has 2 nitrogen and oxygen atoms in total. The minimum absolute atomic E-state index is 0.309. The number of nitrogens with one attached hydrogen (secondary N) is 1. The average Bonchev–Trinajstić information content (AvgIpc) is 2.60. The fraction of sp³-hybridized carbons (Fsp3) is 1.00. The van der Waals surface area contributed by atoms with Crippen LogP contribution in [-0.2, 0) is 0 Å². The van der Waals surface area contributed by atoms with Gasteiger partial charge in [-0.25, -0.2) is 0 Å². The lowest BCUT2D eigenvalue weighted by atomic mass is 9.87. The second kappa shape index (κ2) is 3.49. The summed E-state index contributed by atoms with van der Waals surface area (Å²) < 4.78 is 0. The molecule has 82 valence electrons. The standard InChI is InChI=1S/C12H24N2/c1-4-14-10-11(2,3)13-9-12(14)7-5-6-8-12/h13H,4-10H2,1-3H3. The maximum atomic E-state index is 3.71. The van der Waals surface area contributed by atoms with Gasteiger partial charge in [0.05, 0.1) is 0 Å². The summed E-state index contributed by atoms with van der Waals surface area (Å²) >= 11 is 0. The Morgan fingerprint density at radius 3 is 2.43 bits per heavy atom. The zero-order valence-electron chi connectivity index (χ0n) is 9.90. The molecule has 2 heteroatoms. The minimum atomic E-state index is 0.309. The molecule has 0 radical (unpaired) electrons. The lowest BCUT2D eigenvalue weighted by Gasteiger charge is -2.51. The van der Waals surface area contributed by atoms with Crippen LogP contribution in [0.4, 0.5) is 0 Å². The van der Waals surface area contributed by atoms with E-state index >= 15 is 0 Å². The lowest BCUT2D eigenvalue weighted by Crippen LogP contribution is -2.67. The summed E-state index contributed by atoms with van der Waals surface area (Å²) in [5.41, 5.74) is 0.828.